The van der Waals surface area contributed by atoms with E-state index in [4.69, 9.17) is 9.47 Å². The number of methoxy groups -OCH3 is 1. The fraction of sp³-hybridized carbons (Fsp3) is 0.333. The van der Waals surface area contributed by atoms with Crippen molar-refractivity contribution >= 4 is 38.4 Å². The van der Waals surface area contributed by atoms with Gasteiger partial charge in [-0.1, -0.05) is 0 Å². The van der Waals surface area contributed by atoms with Gasteiger partial charge in [-0.25, -0.2) is 4.98 Å². The van der Waals surface area contributed by atoms with Gasteiger partial charge in [-0.3, -0.25) is 4.79 Å². The van der Waals surface area contributed by atoms with Crippen LogP contribution in [0.4, 0.5) is 0 Å². The van der Waals surface area contributed by atoms with Crippen LogP contribution in [0, 0.1) is 0 Å². The van der Waals surface area contributed by atoms with Crippen molar-refractivity contribution in [1.29, 1.82) is 0 Å². The van der Waals surface area contributed by atoms with Crippen LogP contribution in [0.5, 0.6) is 5.75 Å². The van der Waals surface area contributed by atoms with Crippen LogP contribution in [0.1, 0.15) is 22.5 Å². The summed E-state index contributed by atoms with van der Waals surface area (Å²) in [7, 11) is 1.64. The smallest absolute Gasteiger partial charge is 0.261 e. The van der Waals surface area contributed by atoms with E-state index < -0.39 is 0 Å². The molecule has 1 fully saturated rings. The van der Waals surface area contributed by atoms with Gasteiger partial charge >= 0.3 is 0 Å². The number of aromatic nitrogens is 1. The van der Waals surface area contributed by atoms with E-state index >= 15 is 0 Å². The monoisotopic (exact) mass is 342 g/mol. The zero-order chi connectivity index (χ0) is 16.5. The highest BCUT2D eigenvalue weighted by molar-refractivity contribution is 7.20. The third-order valence-corrected chi connectivity index (χ3v) is 5.29. The maximum atomic E-state index is 12.4. The van der Waals surface area contributed by atoms with Crippen molar-refractivity contribution in [1.82, 2.24) is 10.3 Å². The minimum absolute atomic E-state index is 0.0601. The molecule has 1 aliphatic heterocycles. The molecule has 1 atom stereocenters. The van der Waals surface area contributed by atoms with Crippen LogP contribution in [0.2, 0.25) is 0 Å². The first kappa shape index (κ1) is 15.4. The van der Waals surface area contributed by atoms with Crippen molar-refractivity contribution in [2.45, 2.75) is 18.9 Å². The quantitative estimate of drug-likeness (QED) is 0.790. The molecule has 4 rings (SSSR count). The lowest BCUT2D eigenvalue weighted by molar-refractivity contribution is 0.0861. The molecule has 0 bridgehead atoms. The van der Waals surface area contributed by atoms with Gasteiger partial charge < -0.3 is 14.8 Å². The third kappa shape index (κ3) is 2.95. The number of ether oxygens (including phenoxy) is 2. The van der Waals surface area contributed by atoms with Crippen molar-refractivity contribution in [3.05, 3.63) is 35.2 Å². The Kier molecular flexibility index (Phi) is 4.08. The van der Waals surface area contributed by atoms with Crippen LogP contribution in [0.25, 0.3) is 21.1 Å². The maximum Gasteiger partial charge on any atom is 0.261 e. The molecule has 1 saturated heterocycles. The number of nitrogens with zero attached hydrogens (tertiary/aromatic N) is 1. The van der Waals surface area contributed by atoms with Gasteiger partial charge in [0, 0.05) is 30.0 Å². The highest BCUT2D eigenvalue weighted by Gasteiger charge is 2.18. The largest absolute Gasteiger partial charge is 0.497 e. The topological polar surface area (TPSA) is 60.5 Å². The predicted molar refractivity (Wildman–Crippen MR) is 95.0 cm³/mol. The van der Waals surface area contributed by atoms with Gasteiger partial charge in [-0.05, 0) is 37.1 Å². The molecule has 0 aliphatic carbocycles. The zero-order valence-electron chi connectivity index (χ0n) is 13.4. The van der Waals surface area contributed by atoms with Crippen LogP contribution in [-0.2, 0) is 4.74 Å². The molecule has 3 heterocycles. The molecule has 2 aromatic heterocycles. The predicted octanol–water partition coefficient (Wildman–Crippen LogP) is 3.37. The first-order chi connectivity index (χ1) is 11.7. The molecule has 3 aromatic rings. The number of amides is 1. The Morgan fingerprint density at radius 1 is 1.38 bits per heavy atom. The van der Waals surface area contributed by atoms with Crippen LogP contribution in [0.15, 0.2) is 30.3 Å². The summed E-state index contributed by atoms with van der Waals surface area (Å²) in [6.45, 7) is 1.36. The molecule has 0 saturated carbocycles. The van der Waals surface area contributed by atoms with Gasteiger partial charge in [0.2, 0.25) is 0 Å². The van der Waals surface area contributed by atoms with Crippen molar-refractivity contribution in [2.24, 2.45) is 0 Å². The Morgan fingerprint density at radius 3 is 3.08 bits per heavy atom. The van der Waals surface area contributed by atoms with E-state index in [1.54, 1.807) is 7.11 Å². The Morgan fingerprint density at radius 2 is 2.29 bits per heavy atom. The Hall–Kier alpha value is -2.18. The standard InChI is InChI=1S/C18H18N2O3S/c1-22-13-5-4-11-7-12-8-16(24-18(12)20-15(11)9-13)17(21)19-10-14-3-2-6-23-14/h4-5,7-9,14H,2-3,6,10H2,1H3,(H,19,21). The number of thiophene rings is 1. The summed E-state index contributed by atoms with van der Waals surface area (Å²) in [5, 5.41) is 4.98. The number of carbonyl (C=O) groups excluding carboxylic acids is 1. The lowest BCUT2D eigenvalue weighted by Crippen LogP contribution is -2.31. The Labute approximate surface area is 143 Å². The number of carbonyl (C=O) groups is 1. The third-order valence-electron chi connectivity index (χ3n) is 4.25. The van der Waals surface area contributed by atoms with E-state index in [0.717, 1.165) is 46.3 Å². The summed E-state index contributed by atoms with van der Waals surface area (Å²) in [4.78, 5) is 18.6. The molecular weight excluding hydrogens is 324 g/mol. The van der Waals surface area contributed by atoms with Crippen LogP contribution >= 0.6 is 11.3 Å². The van der Waals surface area contributed by atoms with Crippen molar-refractivity contribution in [3.63, 3.8) is 0 Å². The van der Waals surface area contributed by atoms with Crippen LogP contribution < -0.4 is 10.1 Å². The highest BCUT2D eigenvalue weighted by Crippen LogP contribution is 2.29. The van der Waals surface area contributed by atoms with Crippen LogP contribution in [-0.4, -0.2) is 37.3 Å². The van der Waals surface area contributed by atoms with Crippen molar-refractivity contribution in [3.8, 4) is 5.75 Å². The summed E-state index contributed by atoms with van der Waals surface area (Å²) in [6, 6.07) is 9.77. The molecule has 6 heteroatoms. The maximum absolute atomic E-state index is 12.4. The first-order valence-electron chi connectivity index (χ1n) is 8.01. The van der Waals surface area contributed by atoms with Gasteiger partial charge in [-0.15, -0.1) is 11.3 Å². The average molecular weight is 342 g/mol. The number of hydrogen-bond acceptors (Lipinski definition) is 5. The fourth-order valence-electron chi connectivity index (χ4n) is 2.94. The summed E-state index contributed by atoms with van der Waals surface area (Å²) in [6.07, 6.45) is 2.24. The minimum atomic E-state index is -0.0601. The second-order valence-electron chi connectivity index (χ2n) is 5.90. The van der Waals surface area contributed by atoms with Crippen LogP contribution in [0.3, 0.4) is 0 Å². The molecule has 5 nitrogen and oxygen atoms in total. The number of benzene rings is 1. The number of nitrogens with one attached hydrogen (secondary N) is 1. The SMILES string of the molecule is COc1ccc2cc3cc(C(=O)NCC4CCCO4)sc3nc2c1. The summed E-state index contributed by atoms with van der Waals surface area (Å²) >= 11 is 1.41. The molecule has 1 unspecified atom stereocenters. The van der Waals surface area contributed by atoms with E-state index in [1.165, 1.54) is 11.3 Å². The van der Waals surface area contributed by atoms with Gasteiger partial charge in [0.1, 0.15) is 10.6 Å². The molecule has 124 valence electrons. The summed E-state index contributed by atoms with van der Waals surface area (Å²) in [5.41, 5.74) is 0.870. The minimum Gasteiger partial charge on any atom is -0.497 e. The lowest BCUT2D eigenvalue weighted by atomic mass is 10.2. The number of fused-ring (bicyclic) bond motifs is 2. The normalized spacial score (nSPS) is 17.5. The molecule has 0 radical (unpaired) electrons. The van der Waals surface area contributed by atoms with E-state index in [0.29, 0.717) is 11.4 Å². The molecule has 1 aromatic carbocycles. The first-order valence-corrected chi connectivity index (χ1v) is 8.83. The highest BCUT2D eigenvalue weighted by atomic mass is 32.1. The van der Waals surface area contributed by atoms with Gasteiger partial charge in [-0.2, -0.15) is 0 Å². The van der Waals surface area contributed by atoms with E-state index in [1.807, 2.05) is 24.3 Å². The molecule has 0 spiro atoms. The zero-order valence-corrected chi connectivity index (χ0v) is 14.2. The molecule has 1 amide bonds. The Balaban J connectivity index is 1.59. The van der Waals surface area contributed by atoms with Gasteiger partial charge in [0.25, 0.3) is 5.91 Å². The van der Waals surface area contributed by atoms with Crippen molar-refractivity contribution < 1.29 is 14.3 Å². The number of pyridine rings is 1. The summed E-state index contributed by atoms with van der Waals surface area (Å²) < 4.78 is 10.8. The molecule has 24 heavy (non-hydrogen) atoms. The van der Waals surface area contributed by atoms with Gasteiger partial charge in [0.05, 0.1) is 23.6 Å². The number of hydrogen-bond donors (Lipinski definition) is 1. The average Bonchev–Trinajstić information content (AvgIpc) is 3.26. The van der Waals surface area contributed by atoms with E-state index in [2.05, 4.69) is 16.4 Å². The van der Waals surface area contributed by atoms with Crippen molar-refractivity contribution in [2.75, 3.05) is 20.3 Å². The summed E-state index contributed by atoms with van der Waals surface area (Å²) in [5.74, 6) is 0.718. The Bertz CT molecular complexity index is 900. The molecule has 1 N–H and O–H groups in total. The molecular formula is C18H18N2O3S. The second-order valence-corrected chi connectivity index (χ2v) is 6.93. The van der Waals surface area contributed by atoms with Gasteiger partial charge in [0.15, 0.2) is 0 Å². The van der Waals surface area contributed by atoms with E-state index in [9.17, 15) is 4.79 Å². The lowest BCUT2D eigenvalue weighted by Gasteiger charge is -2.09. The second kappa shape index (κ2) is 6.37. The van der Waals surface area contributed by atoms with E-state index in [-0.39, 0.29) is 12.0 Å². The number of rotatable bonds is 4. The molecule has 1 aliphatic rings. The fourth-order valence-corrected chi connectivity index (χ4v) is 3.88.